The number of imidazole rings is 2. The minimum absolute atomic E-state index is 0.0780. The Kier molecular flexibility index (Phi) is 10.7. The van der Waals surface area contributed by atoms with Crippen molar-refractivity contribution in [3.8, 4) is 33.9 Å². The fourth-order valence-corrected chi connectivity index (χ4v) is 7.22. The second-order valence-corrected chi connectivity index (χ2v) is 14.2. The van der Waals surface area contributed by atoms with E-state index in [0.717, 1.165) is 57.9 Å². The van der Waals surface area contributed by atoms with Crippen LogP contribution >= 0.6 is 0 Å². The summed E-state index contributed by atoms with van der Waals surface area (Å²) in [6.07, 6.45) is 8.92. The van der Waals surface area contributed by atoms with Crippen LogP contribution in [0.25, 0.3) is 33.9 Å². The largest absolute Gasteiger partial charge is 0.345 e. The average molecular weight is 723 g/mol. The summed E-state index contributed by atoms with van der Waals surface area (Å²) in [6, 6.07) is 26.4. The minimum Gasteiger partial charge on any atom is -0.345 e. The number of hydrogen-bond acceptors (Lipinski definition) is 8. The highest BCUT2D eigenvalue weighted by atomic mass is 16.2. The molecule has 1 aliphatic rings. The summed E-state index contributed by atoms with van der Waals surface area (Å²) in [5.74, 6) is 2.03. The molecule has 12 nitrogen and oxygen atoms in total. The molecular weight excluding hydrogens is 677 g/mol. The molecule has 3 aromatic heterocycles. The maximum Gasteiger partial charge on any atom is 0.245 e. The van der Waals surface area contributed by atoms with Crippen molar-refractivity contribution < 1.29 is 9.59 Å². The molecule has 3 N–H and O–H groups in total. The summed E-state index contributed by atoms with van der Waals surface area (Å²) in [5, 5.41) is 3.11. The van der Waals surface area contributed by atoms with Crippen LogP contribution in [0.4, 0.5) is 0 Å². The summed E-state index contributed by atoms with van der Waals surface area (Å²) in [7, 11) is 7.68. The fourth-order valence-electron chi connectivity index (χ4n) is 7.22. The van der Waals surface area contributed by atoms with Crippen LogP contribution in [0.5, 0.6) is 0 Å². The Bertz CT molecular complexity index is 2160. The number of hydrogen-bond donors (Lipinski definition) is 3. The van der Waals surface area contributed by atoms with Gasteiger partial charge in [0.25, 0.3) is 0 Å². The Morgan fingerprint density at radius 2 is 1.28 bits per heavy atom. The van der Waals surface area contributed by atoms with Crippen LogP contribution in [0.1, 0.15) is 66.7 Å². The third-order valence-electron chi connectivity index (χ3n) is 9.97. The smallest absolute Gasteiger partial charge is 0.245 e. The zero-order valence-corrected chi connectivity index (χ0v) is 31.3. The standard InChI is InChI=1S/C42H46N10O2/c1-27(47-41(53)36(50(2)3)29-13-8-6-9-14-29)38-45-25-33(48-38)28-18-20-31(21-19-28)39-43-23-32(24-44-39)34-26-46-40(49-34)35-17-12-22-52(35)42(54)37(51(4)5)30-15-10-7-11-16-30/h6-11,13-16,18-21,23-27,35-37H,12,17,22H2,1-5H3,(H,45,48)(H,46,49)(H,47,53)/t27-,35-,36+,37+/m0/s1. The first-order chi connectivity index (χ1) is 26.2. The molecule has 7 rings (SSSR count). The summed E-state index contributed by atoms with van der Waals surface area (Å²) in [4.78, 5) is 58.4. The molecular formula is C42H46N10O2. The van der Waals surface area contributed by atoms with Crippen molar-refractivity contribution in [3.63, 3.8) is 0 Å². The van der Waals surface area contributed by atoms with Crippen molar-refractivity contribution in [1.29, 1.82) is 0 Å². The molecule has 1 aliphatic heterocycles. The number of H-pyrrole nitrogens is 2. The van der Waals surface area contributed by atoms with E-state index < -0.39 is 6.04 Å². The van der Waals surface area contributed by atoms with Gasteiger partial charge in [0, 0.05) is 30.1 Å². The molecule has 0 aliphatic carbocycles. The number of carbonyl (C=O) groups excluding carboxylic acids is 2. The van der Waals surface area contributed by atoms with Crippen LogP contribution in [-0.4, -0.2) is 91.2 Å². The van der Waals surface area contributed by atoms with Gasteiger partial charge < -0.3 is 20.2 Å². The van der Waals surface area contributed by atoms with E-state index in [1.165, 1.54) is 0 Å². The number of carbonyl (C=O) groups is 2. The number of likely N-dealkylation sites (N-methyl/N-ethyl adjacent to an activating group) is 2. The van der Waals surface area contributed by atoms with Gasteiger partial charge in [0.1, 0.15) is 23.7 Å². The fraction of sp³-hybridized carbons (Fsp3) is 0.286. The summed E-state index contributed by atoms with van der Waals surface area (Å²) >= 11 is 0. The number of rotatable bonds is 12. The van der Waals surface area contributed by atoms with E-state index in [4.69, 9.17) is 4.98 Å². The van der Waals surface area contributed by atoms with E-state index in [2.05, 4.69) is 30.2 Å². The number of aromatic nitrogens is 6. The lowest BCUT2D eigenvalue weighted by atomic mass is 10.0. The van der Waals surface area contributed by atoms with Crippen molar-refractivity contribution >= 4 is 11.8 Å². The highest BCUT2D eigenvalue weighted by Crippen LogP contribution is 2.35. The van der Waals surface area contributed by atoms with Gasteiger partial charge in [-0.15, -0.1) is 0 Å². The molecule has 12 heteroatoms. The molecule has 0 spiro atoms. The van der Waals surface area contributed by atoms with Crippen LogP contribution < -0.4 is 5.32 Å². The number of nitrogens with one attached hydrogen (secondary N) is 3. The van der Waals surface area contributed by atoms with Gasteiger partial charge in [0.2, 0.25) is 11.8 Å². The maximum atomic E-state index is 13.9. The Hall–Kier alpha value is -5.98. The monoisotopic (exact) mass is 722 g/mol. The van der Waals surface area contributed by atoms with Gasteiger partial charge in [-0.2, -0.15) is 0 Å². The van der Waals surface area contributed by atoms with E-state index in [9.17, 15) is 9.59 Å². The van der Waals surface area contributed by atoms with Crippen molar-refractivity contribution in [2.24, 2.45) is 0 Å². The number of benzene rings is 3. The van der Waals surface area contributed by atoms with E-state index in [-0.39, 0.29) is 29.9 Å². The number of aromatic amines is 2. The Balaban J connectivity index is 0.992. The number of amides is 2. The minimum atomic E-state index is -0.412. The predicted molar refractivity (Wildman–Crippen MR) is 209 cm³/mol. The van der Waals surface area contributed by atoms with Gasteiger partial charge in [-0.3, -0.25) is 19.4 Å². The highest BCUT2D eigenvalue weighted by molar-refractivity contribution is 5.84. The molecule has 54 heavy (non-hydrogen) atoms. The second-order valence-electron chi connectivity index (χ2n) is 14.2. The maximum absolute atomic E-state index is 13.9. The SMILES string of the molecule is C[C@H](NC(=O)[C@@H](c1ccccc1)N(C)C)c1ncc(-c2ccc(-c3ncc(-c4cnc([C@@H]5CCCN5C(=O)[C@@H](c5ccccc5)N(C)C)[nH]4)cn3)cc2)[nH]1. The quantitative estimate of drug-likeness (QED) is 0.133. The molecule has 0 saturated carbocycles. The van der Waals surface area contributed by atoms with Gasteiger partial charge in [-0.1, -0.05) is 84.9 Å². The van der Waals surface area contributed by atoms with Crippen LogP contribution in [0.2, 0.25) is 0 Å². The van der Waals surface area contributed by atoms with E-state index in [0.29, 0.717) is 18.2 Å². The van der Waals surface area contributed by atoms with E-state index in [1.807, 2.05) is 135 Å². The molecule has 4 atom stereocenters. The highest BCUT2D eigenvalue weighted by Gasteiger charge is 2.37. The molecule has 0 bridgehead atoms. The van der Waals surface area contributed by atoms with Crippen LogP contribution in [-0.2, 0) is 9.59 Å². The zero-order chi connectivity index (χ0) is 37.8. The van der Waals surface area contributed by atoms with Crippen LogP contribution in [0.3, 0.4) is 0 Å². The Labute approximate surface area is 315 Å². The third-order valence-corrected chi connectivity index (χ3v) is 9.97. The number of likely N-dealkylation sites (tertiary alicyclic amines) is 1. The molecule has 1 fully saturated rings. The molecule has 2 amide bonds. The Morgan fingerprint density at radius 3 is 1.91 bits per heavy atom. The van der Waals surface area contributed by atoms with Crippen molar-refractivity contribution in [3.05, 3.63) is 132 Å². The molecule has 4 heterocycles. The molecule has 0 unspecified atom stereocenters. The first-order valence-corrected chi connectivity index (χ1v) is 18.2. The molecule has 276 valence electrons. The molecule has 1 saturated heterocycles. The normalized spacial score (nSPS) is 16.1. The predicted octanol–water partition coefficient (Wildman–Crippen LogP) is 6.37. The van der Waals surface area contributed by atoms with Gasteiger partial charge in [-0.25, -0.2) is 19.9 Å². The first-order valence-electron chi connectivity index (χ1n) is 18.2. The van der Waals surface area contributed by atoms with Gasteiger partial charge >= 0.3 is 0 Å². The molecule has 6 aromatic rings. The topological polar surface area (TPSA) is 139 Å². The summed E-state index contributed by atoms with van der Waals surface area (Å²) in [5.41, 5.74) is 6.19. The second kappa shape index (κ2) is 15.9. The molecule has 0 radical (unpaired) electrons. The average Bonchev–Trinajstić information content (AvgIpc) is 3.98. The first kappa shape index (κ1) is 36.4. The van der Waals surface area contributed by atoms with Crippen molar-refractivity contribution in [2.45, 2.75) is 43.9 Å². The Morgan fingerprint density at radius 1 is 0.704 bits per heavy atom. The van der Waals surface area contributed by atoms with Gasteiger partial charge in [0.05, 0.1) is 35.9 Å². The van der Waals surface area contributed by atoms with Crippen LogP contribution in [0.15, 0.2) is 110 Å². The lowest BCUT2D eigenvalue weighted by Gasteiger charge is -2.31. The van der Waals surface area contributed by atoms with Gasteiger partial charge in [0.15, 0.2) is 5.82 Å². The summed E-state index contributed by atoms with van der Waals surface area (Å²) in [6.45, 7) is 2.61. The van der Waals surface area contributed by atoms with Crippen molar-refractivity contribution in [1.82, 2.24) is 49.9 Å². The lowest BCUT2D eigenvalue weighted by Crippen LogP contribution is -2.40. The van der Waals surface area contributed by atoms with E-state index >= 15 is 0 Å². The zero-order valence-electron chi connectivity index (χ0n) is 31.3. The van der Waals surface area contributed by atoms with Crippen LogP contribution in [0, 0.1) is 0 Å². The lowest BCUT2D eigenvalue weighted by molar-refractivity contribution is -0.137. The van der Waals surface area contributed by atoms with E-state index in [1.54, 1.807) is 24.8 Å². The van der Waals surface area contributed by atoms with Crippen molar-refractivity contribution in [2.75, 3.05) is 34.7 Å². The van der Waals surface area contributed by atoms with Gasteiger partial charge in [-0.05, 0) is 64.6 Å². The number of nitrogens with zero attached hydrogens (tertiary/aromatic N) is 7. The third kappa shape index (κ3) is 7.71. The summed E-state index contributed by atoms with van der Waals surface area (Å²) < 4.78 is 0. The molecule has 3 aromatic carbocycles.